The normalized spacial score (nSPS) is 19.9. The molecule has 1 aliphatic heterocycles. The number of hydrogen-bond donors (Lipinski definition) is 1. The summed E-state index contributed by atoms with van der Waals surface area (Å²) in [5, 5.41) is 4.49. The summed E-state index contributed by atoms with van der Waals surface area (Å²) in [6.45, 7) is 2.52. The Balaban J connectivity index is 1.68. The number of hydrogen-bond acceptors (Lipinski definition) is 5. The van der Waals surface area contributed by atoms with Gasteiger partial charge in [-0.05, 0) is 32.1 Å². The van der Waals surface area contributed by atoms with Crippen LogP contribution >= 0.6 is 11.8 Å². The predicted molar refractivity (Wildman–Crippen MR) is 73.7 cm³/mol. The zero-order chi connectivity index (χ0) is 12.6. The van der Waals surface area contributed by atoms with Crippen molar-refractivity contribution in [3.63, 3.8) is 0 Å². The summed E-state index contributed by atoms with van der Waals surface area (Å²) in [7, 11) is 0. The fourth-order valence-electron chi connectivity index (χ4n) is 2.19. The SMILES string of the molecule is CSc1nccnc1COCCC1CCCCN1. The van der Waals surface area contributed by atoms with Crippen LogP contribution in [0.3, 0.4) is 0 Å². The second kappa shape index (κ2) is 7.71. The molecule has 0 bridgehead atoms. The predicted octanol–water partition coefficient (Wildman–Crippen LogP) is 2.25. The fourth-order valence-corrected chi connectivity index (χ4v) is 2.70. The molecule has 0 aliphatic carbocycles. The van der Waals surface area contributed by atoms with Gasteiger partial charge in [0.15, 0.2) is 0 Å². The van der Waals surface area contributed by atoms with Crippen LogP contribution in [-0.2, 0) is 11.3 Å². The molecule has 2 rings (SSSR count). The Labute approximate surface area is 113 Å². The third kappa shape index (κ3) is 4.23. The summed E-state index contributed by atoms with van der Waals surface area (Å²) in [5.74, 6) is 0. The summed E-state index contributed by atoms with van der Waals surface area (Å²) in [6, 6.07) is 0.639. The van der Waals surface area contributed by atoms with Crippen LogP contribution in [0.25, 0.3) is 0 Å². The van der Waals surface area contributed by atoms with E-state index in [1.165, 1.54) is 19.3 Å². The van der Waals surface area contributed by atoms with Gasteiger partial charge in [0.05, 0.1) is 12.3 Å². The molecule has 1 aliphatic rings. The van der Waals surface area contributed by atoms with E-state index in [0.29, 0.717) is 12.6 Å². The summed E-state index contributed by atoms with van der Waals surface area (Å²) in [5.41, 5.74) is 0.946. The molecule has 1 atom stereocenters. The minimum atomic E-state index is 0.566. The topological polar surface area (TPSA) is 47.0 Å². The van der Waals surface area contributed by atoms with Gasteiger partial charge in [0.2, 0.25) is 0 Å². The molecule has 1 N–H and O–H groups in total. The molecular weight excluding hydrogens is 246 g/mol. The molecule has 100 valence electrons. The summed E-state index contributed by atoms with van der Waals surface area (Å²) < 4.78 is 5.71. The Morgan fingerprint density at radius 1 is 1.39 bits per heavy atom. The van der Waals surface area contributed by atoms with Crippen molar-refractivity contribution in [3.8, 4) is 0 Å². The third-order valence-electron chi connectivity index (χ3n) is 3.19. The number of nitrogens with one attached hydrogen (secondary N) is 1. The molecule has 0 saturated carbocycles. The summed E-state index contributed by atoms with van der Waals surface area (Å²) in [6.07, 6.45) is 10.5. The van der Waals surface area contributed by atoms with Crippen LogP contribution in [-0.4, -0.2) is 35.4 Å². The van der Waals surface area contributed by atoms with E-state index in [0.717, 1.165) is 30.3 Å². The number of aromatic nitrogens is 2. The maximum absolute atomic E-state index is 5.71. The molecule has 0 aromatic carbocycles. The van der Waals surface area contributed by atoms with E-state index in [4.69, 9.17) is 4.74 Å². The first kappa shape index (κ1) is 13.8. The van der Waals surface area contributed by atoms with Crippen LogP contribution in [0.4, 0.5) is 0 Å². The van der Waals surface area contributed by atoms with Crippen LogP contribution in [0.2, 0.25) is 0 Å². The van der Waals surface area contributed by atoms with Crippen molar-refractivity contribution >= 4 is 11.8 Å². The van der Waals surface area contributed by atoms with Gasteiger partial charge in [-0.15, -0.1) is 11.8 Å². The minimum absolute atomic E-state index is 0.566. The van der Waals surface area contributed by atoms with Crippen LogP contribution in [0.15, 0.2) is 17.4 Å². The van der Waals surface area contributed by atoms with Crippen molar-refractivity contribution in [2.45, 2.75) is 43.4 Å². The van der Waals surface area contributed by atoms with E-state index in [2.05, 4.69) is 15.3 Å². The van der Waals surface area contributed by atoms with Crippen molar-refractivity contribution in [3.05, 3.63) is 18.1 Å². The first-order chi connectivity index (χ1) is 8.90. The Morgan fingerprint density at radius 3 is 3.06 bits per heavy atom. The molecule has 1 aromatic rings. The van der Waals surface area contributed by atoms with E-state index in [-0.39, 0.29) is 0 Å². The average molecular weight is 267 g/mol. The van der Waals surface area contributed by atoms with Crippen LogP contribution in [0.5, 0.6) is 0 Å². The maximum atomic E-state index is 5.71. The molecular formula is C13H21N3OS. The lowest BCUT2D eigenvalue weighted by atomic mass is 10.0. The highest BCUT2D eigenvalue weighted by atomic mass is 32.2. The Bertz CT molecular complexity index is 356. The monoisotopic (exact) mass is 267 g/mol. The van der Waals surface area contributed by atoms with Gasteiger partial charge in [0.1, 0.15) is 5.03 Å². The van der Waals surface area contributed by atoms with E-state index >= 15 is 0 Å². The van der Waals surface area contributed by atoms with Gasteiger partial charge in [-0.2, -0.15) is 0 Å². The molecule has 0 spiro atoms. The Morgan fingerprint density at radius 2 is 2.28 bits per heavy atom. The van der Waals surface area contributed by atoms with Crippen LogP contribution in [0, 0.1) is 0 Å². The number of nitrogens with zero attached hydrogens (tertiary/aromatic N) is 2. The molecule has 0 radical (unpaired) electrons. The summed E-state index contributed by atoms with van der Waals surface area (Å²) in [4.78, 5) is 8.58. The van der Waals surface area contributed by atoms with Gasteiger partial charge in [-0.25, -0.2) is 4.98 Å². The minimum Gasteiger partial charge on any atom is -0.375 e. The highest BCUT2D eigenvalue weighted by Crippen LogP contribution is 2.16. The van der Waals surface area contributed by atoms with Crippen LogP contribution < -0.4 is 5.32 Å². The van der Waals surface area contributed by atoms with Gasteiger partial charge in [-0.3, -0.25) is 4.98 Å². The van der Waals surface area contributed by atoms with Crippen molar-refractivity contribution < 1.29 is 4.74 Å². The van der Waals surface area contributed by atoms with Gasteiger partial charge in [-0.1, -0.05) is 6.42 Å². The lowest BCUT2D eigenvalue weighted by Gasteiger charge is -2.23. The van der Waals surface area contributed by atoms with E-state index in [1.54, 1.807) is 24.2 Å². The molecule has 1 saturated heterocycles. The van der Waals surface area contributed by atoms with Crippen molar-refractivity contribution in [1.82, 2.24) is 15.3 Å². The molecule has 4 nitrogen and oxygen atoms in total. The van der Waals surface area contributed by atoms with Gasteiger partial charge < -0.3 is 10.1 Å². The average Bonchev–Trinajstić information content (AvgIpc) is 2.45. The second-order valence-corrected chi connectivity index (χ2v) is 5.30. The number of rotatable bonds is 6. The molecule has 0 amide bonds. The van der Waals surface area contributed by atoms with Crippen LogP contribution in [0.1, 0.15) is 31.4 Å². The summed E-state index contributed by atoms with van der Waals surface area (Å²) >= 11 is 1.62. The molecule has 1 fully saturated rings. The third-order valence-corrected chi connectivity index (χ3v) is 3.92. The lowest BCUT2D eigenvalue weighted by molar-refractivity contribution is 0.104. The molecule has 5 heteroatoms. The van der Waals surface area contributed by atoms with Crippen molar-refractivity contribution in [2.75, 3.05) is 19.4 Å². The lowest BCUT2D eigenvalue weighted by Crippen LogP contribution is -2.34. The van der Waals surface area contributed by atoms with Gasteiger partial charge >= 0.3 is 0 Å². The Kier molecular flexibility index (Phi) is 5.90. The smallest absolute Gasteiger partial charge is 0.120 e. The maximum Gasteiger partial charge on any atom is 0.120 e. The van der Waals surface area contributed by atoms with E-state index < -0.39 is 0 Å². The van der Waals surface area contributed by atoms with E-state index in [9.17, 15) is 0 Å². The zero-order valence-electron chi connectivity index (χ0n) is 10.9. The molecule has 2 heterocycles. The second-order valence-electron chi connectivity index (χ2n) is 4.50. The first-order valence-corrected chi connectivity index (χ1v) is 7.77. The highest BCUT2D eigenvalue weighted by Gasteiger charge is 2.12. The zero-order valence-corrected chi connectivity index (χ0v) is 11.7. The van der Waals surface area contributed by atoms with Gasteiger partial charge in [0, 0.05) is 25.0 Å². The fraction of sp³-hybridized carbons (Fsp3) is 0.692. The largest absolute Gasteiger partial charge is 0.375 e. The highest BCUT2D eigenvalue weighted by molar-refractivity contribution is 7.98. The van der Waals surface area contributed by atoms with Crippen molar-refractivity contribution in [1.29, 1.82) is 0 Å². The molecule has 18 heavy (non-hydrogen) atoms. The first-order valence-electron chi connectivity index (χ1n) is 6.55. The number of ether oxygens (including phenoxy) is 1. The van der Waals surface area contributed by atoms with Gasteiger partial charge in [0.25, 0.3) is 0 Å². The number of piperidine rings is 1. The Hall–Kier alpha value is -0.650. The van der Waals surface area contributed by atoms with Crippen molar-refractivity contribution in [2.24, 2.45) is 0 Å². The number of thioether (sulfide) groups is 1. The van der Waals surface area contributed by atoms with E-state index in [1.807, 2.05) is 6.26 Å². The standard InChI is InChI=1S/C13H21N3OS/c1-18-13-12(15-7-8-16-13)10-17-9-5-11-4-2-3-6-14-11/h7-8,11,14H,2-6,9-10H2,1H3. The molecule has 1 aromatic heterocycles. The quantitative estimate of drug-likeness (QED) is 0.633. The molecule has 1 unspecified atom stereocenters.